The molecule has 0 amide bonds. The molecule has 18 heavy (non-hydrogen) atoms. The van der Waals surface area contributed by atoms with Crippen molar-refractivity contribution in [3.8, 4) is 0 Å². The molecule has 0 aliphatic carbocycles. The molecule has 0 fully saturated rings. The van der Waals surface area contributed by atoms with Gasteiger partial charge in [-0.2, -0.15) is 0 Å². The molecular weight excluding hydrogens is 289 g/mol. The number of hydrogen-bond acceptors (Lipinski definition) is 4. The van der Waals surface area contributed by atoms with Crippen molar-refractivity contribution in [2.75, 3.05) is 6.54 Å². The fourth-order valence-electron chi connectivity index (χ4n) is 1.76. The van der Waals surface area contributed by atoms with Gasteiger partial charge in [0.25, 0.3) is 0 Å². The Morgan fingerprint density at radius 2 is 2.11 bits per heavy atom. The Balaban J connectivity index is 2.41. The van der Waals surface area contributed by atoms with Gasteiger partial charge < -0.3 is 5.32 Å². The van der Waals surface area contributed by atoms with E-state index in [1.165, 1.54) is 11.5 Å². The summed E-state index contributed by atoms with van der Waals surface area (Å²) in [6.07, 6.45) is 0. The van der Waals surface area contributed by atoms with Gasteiger partial charge in [0.05, 0.1) is 26.7 Å². The summed E-state index contributed by atoms with van der Waals surface area (Å²) < 4.78 is 3.98. The summed E-state index contributed by atoms with van der Waals surface area (Å²) in [5.74, 6) is 0. The van der Waals surface area contributed by atoms with E-state index < -0.39 is 0 Å². The summed E-state index contributed by atoms with van der Waals surface area (Å²) in [4.78, 5) is 1.11. The van der Waals surface area contributed by atoms with E-state index in [0.717, 1.165) is 22.7 Å². The van der Waals surface area contributed by atoms with Gasteiger partial charge >= 0.3 is 0 Å². The van der Waals surface area contributed by atoms with Crippen molar-refractivity contribution < 1.29 is 0 Å². The molecule has 2 rings (SSSR count). The summed E-state index contributed by atoms with van der Waals surface area (Å²) in [6, 6.07) is 5.73. The predicted octanol–water partition coefficient (Wildman–Crippen LogP) is 3.85. The van der Waals surface area contributed by atoms with Gasteiger partial charge in [-0.3, -0.25) is 0 Å². The number of aryl methyl sites for hydroxylation is 1. The number of aromatic nitrogens is 2. The largest absolute Gasteiger partial charge is 0.306 e. The van der Waals surface area contributed by atoms with Gasteiger partial charge in [0.1, 0.15) is 0 Å². The Morgan fingerprint density at radius 1 is 1.33 bits per heavy atom. The van der Waals surface area contributed by atoms with Crippen LogP contribution >= 0.6 is 34.7 Å². The Labute approximate surface area is 120 Å². The van der Waals surface area contributed by atoms with E-state index in [1.807, 2.05) is 25.1 Å². The first kappa shape index (κ1) is 13.7. The first-order valence-corrected chi connectivity index (χ1v) is 7.13. The van der Waals surface area contributed by atoms with E-state index in [1.54, 1.807) is 0 Å². The minimum absolute atomic E-state index is 0.0600. The predicted molar refractivity (Wildman–Crippen MR) is 76.6 cm³/mol. The molecule has 96 valence electrons. The Hall–Kier alpha value is -0.680. The van der Waals surface area contributed by atoms with Crippen molar-refractivity contribution in [2.45, 2.75) is 19.9 Å². The monoisotopic (exact) mass is 301 g/mol. The summed E-state index contributed by atoms with van der Waals surface area (Å²) in [6.45, 7) is 4.87. The molecule has 1 aromatic carbocycles. The number of nitrogens with zero attached hydrogens (tertiary/aromatic N) is 2. The first-order chi connectivity index (χ1) is 8.63. The zero-order chi connectivity index (χ0) is 13.1. The van der Waals surface area contributed by atoms with Gasteiger partial charge in [-0.25, -0.2) is 0 Å². The van der Waals surface area contributed by atoms with Crippen molar-refractivity contribution in [1.29, 1.82) is 0 Å². The van der Waals surface area contributed by atoms with E-state index in [2.05, 4.69) is 21.8 Å². The third kappa shape index (κ3) is 2.83. The van der Waals surface area contributed by atoms with Crippen LogP contribution in [0.5, 0.6) is 0 Å². The molecule has 1 heterocycles. The maximum atomic E-state index is 6.07. The third-order valence-electron chi connectivity index (χ3n) is 2.63. The van der Waals surface area contributed by atoms with Crippen LogP contribution in [-0.2, 0) is 0 Å². The molecule has 0 saturated carbocycles. The van der Waals surface area contributed by atoms with Crippen LogP contribution in [0, 0.1) is 6.92 Å². The van der Waals surface area contributed by atoms with Crippen LogP contribution in [0.1, 0.15) is 29.1 Å². The molecule has 1 N–H and O–H groups in total. The lowest BCUT2D eigenvalue weighted by Crippen LogP contribution is -2.21. The van der Waals surface area contributed by atoms with E-state index in [0.29, 0.717) is 10.0 Å². The Kier molecular flexibility index (Phi) is 4.56. The number of rotatable bonds is 4. The molecule has 0 aliphatic rings. The lowest BCUT2D eigenvalue weighted by Gasteiger charge is -2.17. The Bertz CT molecular complexity index is 542. The molecule has 3 nitrogen and oxygen atoms in total. The molecule has 0 bridgehead atoms. The van der Waals surface area contributed by atoms with Crippen LogP contribution in [-0.4, -0.2) is 16.1 Å². The lowest BCUT2D eigenvalue weighted by atomic mass is 10.0. The van der Waals surface area contributed by atoms with Gasteiger partial charge in [-0.05, 0) is 42.7 Å². The van der Waals surface area contributed by atoms with Crippen LogP contribution in [0.15, 0.2) is 18.2 Å². The first-order valence-electron chi connectivity index (χ1n) is 5.60. The zero-order valence-corrected chi connectivity index (χ0v) is 12.4. The number of nitrogens with one attached hydrogen (secondary N) is 1. The van der Waals surface area contributed by atoms with E-state index in [9.17, 15) is 0 Å². The Morgan fingerprint density at radius 3 is 2.67 bits per heavy atom. The second kappa shape index (κ2) is 5.97. The minimum Gasteiger partial charge on any atom is -0.306 e. The van der Waals surface area contributed by atoms with Gasteiger partial charge in [0.2, 0.25) is 0 Å². The lowest BCUT2D eigenvalue weighted by molar-refractivity contribution is 0.635. The maximum Gasteiger partial charge on any atom is 0.0776 e. The highest BCUT2D eigenvalue weighted by Crippen LogP contribution is 2.31. The minimum atomic E-state index is 0.0600. The fraction of sp³-hybridized carbons (Fsp3) is 0.333. The van der Waals surface area contributed by atoms with Crippen LogP contribution in [0.25, 0.3) is 0 Å². The maximum absolute atomic E-state index is 6.07. The molecule has 0 saturated heterocycles. The van der Waals surface area contributed by atoms with Gasteiger partial charge in [0.15, 0.2) is 0 Å². The molecule has 1 atom stereocenters. The molecule has 1 unspecified atom stereocenters. The van der Waals surface area contributed by atoms with Crippen molar-refractivity contribution in [2.24, 2.45) is 0 Å². The van der Waals surface area contributed by atoms with Gasteiger partial charge in [-0.15, -0.1) is 5.10 Å². The van der Waals surface area contributed by atoms with Crippen molar-refractivity contribution in [3.05, 3.63) is 44.4 Å². The molecule has 0 aliphatic heterocycles. The van der Waals surface area contributed by atoms with Gasteiger partial charge in [-0.1, -0.05) is 40.7 Å². The van der Waals surface area contributed by atoms with Crippen LogP contribution in [0.2, 0.25) is 10.0 Å². The SMILES string of the molecule is CCNC(c1ccc(Cl)c(Cl)c1)c1snnc1C. The number of hydrogen-bond donors (Lipinski definition) is 1. The second-order valence-corrected chi connectivity index (χ2v) is 5.49. The highest BCUT2D eigenvalue weighted by molar-refractivity contribution is 7.05. The molecular formula is C12H13Cl2N3S. The topological polar surface area (TPSA) is 37.8 Å². The smallest absolute Gasteiger partial charge is 0.0776 e. The molecule has 0 spiro atoms. The van der Waals surface area contributed by atoms with E-state index in [-0.39, 0.29) is 6.04 Å². The summed E-state index contributed by atoms with van der Waals surface area (Å²) >= 11 is 13.4. The van der Waals surface area contributed by atoms with E-state index in [4.69, 9.17) is 23.2 Å². The average Bonchev–Trinajstić information content (AvgIpc) is 2.76. The number of halogens is 2. The quantitative estimate of drug-likeness (QED) is 0.932. The normalized spacial score (nSPS) is 12.7. The zero-order valence-electron chi connectivity index (χ0n) is 10.1. The third-order valence-corrected chi connectivity index (χ3v) is 4.26. The van der Waals surface area contributed by atoms with E-state index >= 15 is 0 Å². The van der Waals surface area contributed by atoms with Gasteiger partial charge in [0, 0.05) is 0 Å². The van der Waals surface area contributed by atoms with Crippen LogP contribution in [0.3, 0.4) is 0 Å². The highest BCUT2D eigenvalue weighted by Gasteiger charge is 2.19. The van der Waals surface area contributed by atoms with Crippen LogP contribution in [0.4, 0.5) is 0 Å². The average molecular weight is 302 g/mol. The standard InChI is InChI=1S/C12H13Cl2N3S/c1-3-15-11(12-7(2)16-17-18-12)8-4-5-9(13)10(14)6-8/h4-6,11,15H,3H2,1-2H3. The molecule has 2 aromatic rings. The highest BCUT2D eigenvalue weighted by atomic mass is 35.5. The van der Waals surface area contributed by atoms with Crippen molar-refractivity contribution >= 4 is 34.7 Å². The molecule has 0 radical (unpaired) electrons. The molecule has 1 aromatic heterocycles. The summed E-state index contributed by atoms with van der Waals surface area (Å²) in [5.41, 5.74) is 2.01. The van der Waals surface area contributed by atoms with Crippen molar-refractivity contribution in [3.63, 3.8) is 0 Å². The fourth-order valence-corrected chi connectivity index (χ4v) is 2.82. The van der Waals surface area contributed by atoms with Crippen molar-refractivity contribution in [1.82, 2.24) is 14.9 Å². The molecule has 6 heteroatoms. The number of benzene rings is 1. The second-order valence-electron chi connectivity index (χ2n) is 3.89. The van der Waals surface area contributed by atoms with Crippen LogP contribution < -0.4 is 5.32 Å². The summed E-state index contributed by atoms with van der Waals surface area (Å²) in [5, 5.41) is 8.60. The summed E-state index contributed by atoms with van der Waals surface area (Å²) in [7, 11) is 0.